The van der Waals surface area contributed by atoms with Crippen molar-refractivity contribution in [3.63, 3.8) is 0 Å². The smallest absolute Gasteiger partial charge is 0.306 e. The lowest BCUT2D eigenvalue weighted by atomic mass is 10.0. The van der Waals surface area contributed by atoms with Gasteiger partial charge in [-0.1, -0.05) is 271 Å². The zero-order valence-electron chi connectivity index (χ0n) is 47.6. The van der Waals surface area contributed by atoms with E-state index in [1.54, 1.807) is 0 Å². The second-order valence-corrected chi connectivity index (χ2v) is 19.9. The van der Waals surface area contributed by atoms with Crippen molar-refractivity contribution in [1.82, 2.24) is 0 Å². The van der Waals surface area contributed by atoms with Gasteiger partial charge in [-0.2, -0.15) is 0 Å². The molecule has 0 fully saturated rings. The van der Waals surface area contributed by atoms with Crippen LogP contribution in [0.25, 0.3) is 0 Å². The topological polar surface area (TPSA) is 78.9 Å². The van der Waals surface area contributed by atoms with Gasteiger partial charge in [-0.3, -0.25) is 14.4 Å². The van der Waals surface area contributed by atoms with Crippen molar-refractivity contribution in [1.29, 1.82) is 0 Å². The Morgan fingerprint density at radius 3 is 0.945 bits per heavy atom. The van der Waals surface area contributed by atoms with Crippen molar-refractivity contribution in [2.75, 3.05) is 13.2 Å². The molecule has 0 saturated carbocycles. The molecular formula is C67H112O6. The average molecular weight is 1010 g/mol. The first-order valence-electron chi connectivity index (χ1n) is 30.4. The van der Waals surface area contributed by atoms with Crippen LogP contribution in [-0.2, 0) is 28.6 Å². The highest BCUT2D eigenvalue weighted by Gasteiger charge is 2.19. The van der Waals surface area contributed by atoms with E-state index in [9.17, 15) is 14.4 Å². The van der Waals surface area contributed by atoms with Crippen LogP contribution < -0.4 is 0 Å². The molecule has 0 radical (unpaired) electrons. The average Bonchev–Trinajstić information content (AvgIpc) is 3.39. The van der Waals surface area contributed by atoms with Gasteiger partial charge >= 0.3 is 17.9 Å². The third-order valence-corrected chi connectivity index (χ3v) is 12.7. The predicted molar refractivity (Wildman–Crippen MR) is 316 cm³/mol. The third kappa shape index (κ3) is 58.8. The Balaban J connectivity index is 4.45. The zero-order chi connectivity index (χ0) is 52.9. The van der Waals surface area contributed by atoms with Crippen LogP contribution in [0, 0.1) is 0 Å². The molecular weight excluding hydrogens is 901 g/mol. The summed E-state index contributed by atoms with van der Waals surface area (Å²) in [6.07, 6.45) is 82.3. The van der Waals surface area contributed by atoms with E-state index in [1.807, 2.05) is 0 Å². The third-order valence-electron chi connectivity index (χ3n) is 12.7. The van der Waals surface area contributed by atoms with Crippen molar-refractivity contribution in [3.05, 3.63) is 109 Å². The van der Waals surface area contributed by atoms with Gasteiger partial charge < -0.3 is 14.2 Å². The second kappa shape index (κ2) is 60.6. The summed E-state index contributed by atoms with van der Waals surface area (Å²) in [6, 6.07) is 0. The zero-order valence-corrected chi connectivity index (χ0v) is 47.6. The highest BCUT2D eigenvalue weighted by molar-refractivity contribution is 5.71. The lowest BCUT2D eigenvalue weighted by Gasteiger charge is -2.18. The molecule has 1 unspecified atom stereocenters. The molecule has 0 aromatic carbocycles. The molecule has 1 atom stereocenters. The first-order chi connectivity index (χ1) is 36.0. The first-order valence-corrected chi connectivity index (χ1v) is 30.4. The number of carbonyl (C=O) groups is 3. The summed E-state index contributed by atoms with van der Waals surface area (Å²) in [4.78, 5) is 38.2. The summed E-state index contributed by atoms with van der Waals surface area (Å²) in [5, 5.41) is 0. The van der Waals surface area contributed by atoms with Gasteiger partial charge in [0.25, 0.3) is 0 Å². The predicted octanol–water partition coefficient (Wildman–Crippen LogP) is 20.7. The standard InChI is InChI=1S/C67H112O6/c1-4-7-10-13-16-19-22-25-27-29-31-32-33-34-36-37-39-42-45-48-51-54-57-60-66(69)72-63-64(62-71-65(68)59-56-53-50-47-44-41-24-21-18-15-12-9-6-3)73-67(70)61-58-55-52-49-46-43-40-38-35-30-28-26-23-20-17-14-11-8-5-2/h7,10,12,15-16,19,21,24-25,27,31-32,34,36,39,42,48,51,64H,4-6,8-9,11,13-14,17-18,20,22-23,26,28-30,33,35,37-38,40-41,43-47,49-50,52-63H2,1-3H3/b10-7-,15-12-,19-16-,24-21-,27-25-,32-31-,36-34-,42-39-,51-48-. The number of hydrogen-bond acceptors (Lipinski definition) is 6. The fourth-order valence-corrected chi connectivity index (χ4v) is 8.23. The Morgan fingerprint density at radius 1 is 0.288 bits per heavy atom. The van der Waals surface area contributed by atoms with Gasteiger partial charge in [-0.05, 0) is 96.3 Å². The second-order valence-electron chi connectivity index (χ2n) is 19.9. The van der Waals surface area contributed by atoms with Crippen LogP contribution in [0.5, 0.6) is 0 Å². The number of unbranched alkanes of at least 4 members (excludes halogenated alkanes) is 25. The quantitative estimate of drug-likeness (QED) is 0.0261. The monoisotopic (exact) mass is 1010 g/mol. The fraction of sp³-hybridized carbons (Fsp3) is 0.687. The van der Waals surface area contributed by atoms with Crippen LogP contribution >= 0.6 is 0 Å². The molecule has 6 nitrogen and oxygen atoms in total. The van der Waals surface area contributed by atoms with Gasteiger partial charge in [0.05, 0.1) is 0 Å². The van der Waals surface area contributed by atoms with E-state index in [-0.39, 0.29) is 37.5 Å². The van der Waals surface area contributed by atoms with Crippen molar-refractivity contribution in [2.45, 2.75) is 284 Å². The largest absolute Gasteiger partial charge is 0.462 e. The number of carbonyl (C=O) groups excluding carboxylic acids is 3. The maximum Gasteiger partial charge on any atom is 0.306 e. The van der Waals surface area contributed by atoms with Crippen molar-refractivity contribution < 1.29 is 28.6 Å². The lowest BCUT2D eigenvalue weighted by Crippen LogP contribution is -2.30. The SMILES string of the molecule is CC/C=C\C/C=C\C/C=C\C/C=C\C/C=C\C/C=C\C/C=C\CCCC(=O)OCC(COC(=O)CCCCCCC/C=C\C/C=C\CCC)OC(=O)CCCCCCCCCCCCCCCCCCCCC. The van der Waals surface area contributed by atoms with E-state index in [0.717, 1.165) is 122 Å². The normalized spacial score (nSPS) is 12.9. The van der Waals surface area contributed by atoms with Crippen molar-refractivity contribution in [2.24, 2.45) is 0 Å². The van der Waals surface area contributed by atoms with E-state index in [4.69, 9.17) is 14.2 Å². The van der Waals surface area contributed by atoms with Gasteiger partial charge in [-0.25, -0.2) is 0 Å². The van der Waals surface area contributed by atoms with E-state index in [1.165, 1.54) is 109 Å². The minimum atomic E-state index is -0.808. The first kappa shape index (κ1) is 69.1. The summed E-state index contributed by atoms with van der Waals surface area (Å²) in [5.41, 5.74) is 0. The van der Waals surface area contributed by atoms with Crippen LogP contribution in [0.1, 0.15) is 278 Å². The van der Waals surface area contributed by atoms with Crippen LogP contribution in [0.3, 0.4) is 0 Å². The summed E-state index contributed by atoms with van der Waals surface area (Å²) < 4.78 is 16.8. The van der Waals surface area contributed by atoms with Gasteiger partial charge in [0.1, 0.15) is 13.2 Å². The van der Waals surface area contributed by atoms with E-state index in [0.29, 0.717) is 19.3 Å². The number of rotatable bonds is 54. The van der Waals surface area contributed by atoms with E-state index in [2.05, 4.69) is 130 Å². The molecule has 0 spiro atoms. The Hall–Kier alpha value is -3.93. The summed E-state index contributed by atoms with van der Waals surface area (Å²) in [7, 11) is 0. The van der Waals surface area contributed by atoms with Crippen LogP contribution in [0.2, 0.25) is 0 Å². The van der Waals surface area contributed by atoms with Gasteiger partial charge in [-0.15, -0.1) is 0 Å². The summed E-state index contributed by atoms with van der Waals surface area (Å²) in [6.45, 7) is 6.42. The van der Waals surface area contributed by atoms with E-state index < -0.39 is 6.10 Å². The van der Waals surface area contributed by atoms with Gasteiger partial charge in [0.15, 0.2) is 6.10 Å². The molecule has 6 heteroatoms. The Labute approximate surface area is 450 Å². The molecule has 0 amide bonds. The highest BCUT2D eigenvalue weighted by Crippen LogP contribution is 2.16. The molecule has 73 heavy (non-hydrogen) atoms. The van der Waals surface area contributed by atoms with Crippen LogP contribution in [0.4, 0.5) is 0 Å². The minimum Gasteiger partial charge on any atom is -0.462 e. The van der Waals surface area contributed by atoms with Gasteiger partial charge in [0, 0.05) is 19.3 Å². The maximum absolute atomic E-state index is 12.9. The number of allylic oxidation sites excluding steroid dienone is 18. The molecule has 0 saturated heterocycles. The number of esters is 3. The van der Waals surface area contributed by atoms with E-state index >= 15 is 0 Å². The highest BCUT2D eigenvalue weighted by atomic mass is 16.6. The molecule has 0 aromatic rings. The number of hydrogen-bond donors (Lipinski definition) is 0. The molecule has 0 N–H and O–H groups in total. The maximum atomic E-state index is 12.9. The Kier molecular flexibility index (Phi) is 57.4. The molecule has 0 bridgehead atoms. The molecule has 0 heterocycles. The fourth-order valence-electron chi connectivity index (χ4n) is 8.23. The number of ether oxygens (including phenoxy) is 3. The molecule has 0 aliphatic carbocycles. The molecule has 0 rings (SSSR count). The lowest BCUT2D eigenvalue weighted by molar-refractivity contribution is -0.167. The molecule has 0 aliphatic rings. The summed E-state index contributed by atoms with van der Waals surface area (Å²) >= 11 is 0. The van der Waals surface area contributed by atoms with Crippen molar-refractivity contribution in [3.8, 4) is 0 Å². The Morgan fingerprint density at radius 2 is 0.575 bits per heavy atom. The van der Waals surface area contributed by atoms with Crippen molar-refractivity contribution >= 4 is 17.9 Å². The van der Waals surface area contributed by atoms with Crippen LogP contribution in [0.15, 0.2) is 109 Å². The Bertz CT molecular complexity index is 1490. The van der Waals surface area contributed by atoms with Gasteiger partial charge in [0.2, 0.25) is 0 Å². The summed E-state index contributed by atoms with van der Waals surface area (Å²) in [5.74, 6) is -0.971. The molecule has 0 aromatic heterocycles. The van der Waals surface area contributed by atoms with Crippen LogP contribution in [-0.4, -0.2) is 37.2 Å². The molecule has 416 valence electrons. The minimum absolute atomic E-state index is 0.103. The molecule has 0 aliphatic heterocycles.